The lowest BCUT2D eigenvalue weighted by Crippen LogP contribution is -2.53. The summed E-state index contributed by atoms with van der Waals surface area (Å²) in [4.78, 5) is 5.08. The van der Waals surface area contributed by atoms with Crippen LogP contribution in [-0.4, -0.2) is 53.7 Å². The van der Waals surface area contributed by atoms with Crippen molar-refractivity contribution in [2.75, 3.05) is 32.8 Å². The SMILES string of the molecule is CC(C)CN1CCN(Cc2ccccc2)C[C@@H]1CCO. The van der Waals surface area contributed by atoms with Gasteiger partial charge < -0.3 is 5.11 Å². The van der Waals surface area contributed by atoms with Gasteiger partial charge in [-0.25, -0.2) is 0 Å². The number of aliphatic hydroxyl groups excluding tert-OH is 1. The summed E-state index contributed by atoms with van der Waals surface area (Å²) in [6, 6.07) is 11.2. The third-order valence-corrected chi connectivity index (χ3v) is 4.00. The van der Waals surface area contributed by atoms with Crippen molar-refractivity contribution < 1.29 is 5.11 Å². The van der Waals surface area contributed by atoms with Gasteiger partial charge in [-0.2, -0.15) is 0 Å². The highest BCUT2D eigenvalue weighted by atomic mass is 16.3. The predicted octanol–water partition coefficient (Wildman–Crippen LogP) is 2.21. The fourth-order valence-corrected chi connectivity index (χ4v) is 3.07. The maximum Gasteiger partial charge on any atom is 0.0446 e. The van der Waals surface area contributed by atoms with Crippen molar-refractivity contribution in [3.8, 4) is 0 Å². The van der Waals surface area contributed by atoms with Gasteiger partial charge in [0.1, 0.15) is 0 Å². The van der Waals surface area contributed by atoms with Gasteiger partial charge in [0, 0.05) is 45.4 Å². The monoisotopic (exact) mass is 276 g/mol. The Bertz CT molecular complexity index is 380. The third kappa shape index (κ3) is 4.58. The summed E-state index contributed by atoms with van der Waals surface area (Å²) in [6.07, 6.45) is 0.887. The average Bonchev–Trinajstić information content (AvgIpc) is 2.43. The Morgan fingerprint density at radius 2 is 1.95 bits per heavy atom. The van der Waals surface area contributed by atoms with E-state index in [0.29, 0.717) is 18.6 Å². The second kappa shape index (κ2) is 7.77. The first-order valence-electron chi connectivity index (χ1n) is 7.80. The highest BCUT2D eigenvalue weighted by molar-refractivity contribution is 5.14. The maximum atomic E-state index is 9.30. The van der Waals surface area contributed by atoms with Gasteiger partial charge in [0.2, 0.25) is 0 Å². The number of nitrogens with zero attached hydrogens (tertiary/aromatic N) is 2. The van der Waals surface area contributed by atoms with E-state index in [2.05, 4.69) is 54.0 Å². The van der Waals surface area contributed by atoms with Crippen LogP contribution in [0, 0.1) is 5.92 Å². The van der Waals surface area contributed by atoms with E-state index in [4.69, 9.17) is 0 Å². The Kier molecular flexibility index (Phi) is 6.02. The van der Waals surface area contributed by atoms with E-state index < -0.39 is 0 Å². The van der Waals surface area contributed by atoms with E-state index >= 15 is 0 Å². The third-order valence-electron chi connectivity index (χ3n) is 4.00. The normalized spacial score (nSPS) is 21.5. The molecule has 0 saturated carbocycles. The van der Waals surface area contributed by atoms with Gasteiger partial charge in [0.05, 0.1) is 0 Å². The fourth-order valence-electron chi connectivity index (χ4n) is 3.07. The standard InChI is InChI=1S/C17H28N2O/c1-15(2)12-19-10-9-18(14-17(19)8-11-20)13-16-6-4-3-5-7-16/h3-7,15,17,20H,8-14H2,1-2H3/t17-/m0/s1. The average molecular weight is 276 g/mol. The van der Waals surface area contributed by atoms with Crippen LogP contribution in [0.4, 0.5) is 0 Å². The highest BCUT2D eigenvalue weighted by Crippen LogP contribution is 2.17. The first kappa shape index (κ1) is 15.5. The lowest BCUT2D eigenvalue weighted by Gasteiger charge is -2.42. The van der Waals surface area contributed by atoms with E-state index in [9.17, 15) is 5.11 Å². The molecule has 1 N–H and O–H groups in total. The van der Waals surface area contributed by atoms with E-state index in [1.807, 2.05) is 0 Å². The van der Waals surface area contributed by atoms with Crippen molar-refractivity contribution in [1.82, 2.24) is 9.80 Å². The molecule has 0 aliphatic carbocycles. The molecule has 0 aromatic heterocycles. The Labute approximate surface area is 123 Å². The largest absolute Gasteiger partial charge is 0.396 e. The zero-order valence-corrected chi connectivity index (χ0v) is 12.8. The Morgan fingerprint density at radius 1 is 1.20 bits per heavy atom. The number of rotatable bonds is 6. The molecule has 1 saturated heterocycles. The Hall–Kier alpha value is -0.900. The Morgan fingerprint density at radius 3 is 2.60 bits per heavy atom. The van der Waals surface area contributed by atoms with Crippen LogP contribution in [0.15, 0.2) is 30.3 Å². The van der Waals surface area contributed by atoms with Gasteiger partial charge in [0.25, 0.3) is 0 Å². The molecule has 1 heterocycles. The fraction of sp³-hybridized carbons (Fsp3) is 0.647. The molecule has 0 amide bonds. The van der Waals surface area contributed by atoms with Gasteiger partial charge in [-0.15, -0.1) is 0 Å². The van der Waals surface area contributed by atoms with Crippen LogP contribution in [0.3, 0.4) is 0 Å². The van der Waals surface area contributed by atoms with Crippen molar-refractivity contribution in [2.45, 2.75) is 32.9 Å². The molecule has 112 valence electrons. The first-order chi connectivity index (χ1) is 9.69. The second-order valence-electron chi connectivity index (χ2n) is 6.28. The van der Waals surface area contributed by atoms with Crippen LogP contribution in [0.1, 0.15) is 25.8 Å². The first-order valence-corrected chi connectivity index (χ1v) is 7.80. The van der Waals surface area contributed by atoms with E-state index in [1.165, 1.54) is 5.56 Å². The van der Waals surface area contributed by atoms with Crippen LogP contribution in [-0.2, 0) is 6.54 Å². The lowest BCUT2D eigenvalue weighted by molar-refractivity contribution is 0.0477. The zero-order chi connectivity index (χ0) is 14.4. The van der Waals surface area contributed by atoms with Crippen LogP contribution < -0.4 is 0 Å². The zero-order valence-electron chi connectivity index (χ0n) is 12.8. The minimum absolute atomic E-state index is 0.290. The molecule has 2 rings (SSSR count). The van der Waals surface area contributed by atoms with Crippen molar-refractivity contribution in [1.29, 1.82) is 0 Å². The molecule has 1 aromatic carbocycles. The van der Waals surface area contributed by atoms with Crippen molar-refractivity contribution in [3.05, 3.63) is 35.9 Å². The molecule has 1 fully saturated rings. The molecule has 0 unspecified atom stereocenters. The molecule has 0 radical (unpaired) electrons. The molecule has 0 bridgehead atoms. The summed E-state index contributed by atoms with van der Waals surface area (Å²) in [5.41, 5.74) is 1.38. The molecule has 1 atom stereocenters. The topological polar surface area (TPSA) is 26.7 Å². The number of hydrogen-bond acceptors (Lipinski definition) is 3. The summed E-state index contributed by atoms with van der Waals surface area (Å²) in [5, 5.41) is 9.30. The predicted molar refractivity (Wildman–Crippen MR) is 83.6 cm³/mol. The summed E-state index contributed by atoms with van der Waals surface area (Å²) in [5.74, 6) is 0.692. The van der Waals surface area contributed by atoms with Crippen LogP contribution in [0.25, 0.3) is 0 Å². The number of hydrogen-bond donors (Lipinski definition) is 1. The second-order valence-corrected chi connectivity index (χ2v) is 6.28. The highest BCUT2D eigenvalue weighted by Gasteiger charge is 2.26. The summed E-state index contributed by atoms with van der Waals surface area (Å²) in [6.45, 7) is 10.3. The maximum absolute atomic E-state index is 9.30. The quantitative estimate of drug-likeness (QED) is 0.863. The molecular formula is C17H28N2O. The number of aliphatic hydroxyl groups is 1. The van der Waals surface area contributed by atoms with Crippen molar-refractivity contribution in [3.63, 3.8) is 0 Å². The minimum atomic E-state index is 0.290. The molecule has 1 aromatic rings. The molecule has 3 nitrogen and oxygen atoms in total. The smallest absolute Gasteiger partial charge is 0.0446 e. The summed E-state index contributed by atoms with van der Waals surface area (Å²) >= 11 is 0. The van der Waals surface area contributed by atoms with Crippen molar-refractivity contribution >= 4 is 0 Å². The summed E-state index contributed by atoms with van der Waals surface area (Å²) in [7, 11) is 0. The van der Waals surface area contributed by atoms with Gasteiger partial charge >= 0.3 is 0 Å². The van der Waals surface area contributed by atoms with Crippen LogP contribution in [0.2, 0.25) is 0 Å². The minimum Gasteiger partial charge on any atom is -0.396 e. The van der Waals surface area contributed by atoms with Gasteiger partial charge in [0.15, 0.2) is 0 Å². The number of benzene rings is 1. The Balaban J connectivity index is 1.92. The molecule has 20 heavy (non-hydrogen) atoms. The molecule has 1 aliphatic rings. The van der Waals surface area contributed by atoms with Crippen LogP contribution in [0.5, 0.6) is 0 Å². The van der Waals surface area contributed by atoms with E-state index in [1.54, 1.807) is 0 Å². The van der Waals surface area contributed by atoms with E-state index in [0.717, 1.165) is 39.1 Å². The van der Waals surface area contributed by atoms with Gasteiger partial charge in [-0.3, -0.25) is 9.80 Å². The number of piperazine rings is 1. The van der Waals surface area contributed by atoms with Crippen LogP contribution >= 0.6 is 0 Å². The van der Waals surface area contributed by atoms with Gasteiger partial charge in [-0.1, -0.05) is 44.2 Å². The van der Waals surface area contributed by atoms with E-state index in [-0.39, 0.29) is 0 Å². The molecule has 0 spiro atoms. The van der Waals surface area contributed by atoms with Crippen molar-refractivity contribution in [2.24, 2.45) is 5.92 Å². The molecular weight excluding hydrogens is 248 g/mol. The molecule has 1 aliphatic heterocycles. The lowest BCUT2D eigenvalue weighted by atomic mass is 10.1. The summed E-state index contributed by atoms with van der Waals surface area (Å²) < 4.78 is 0. The molecule has 3 heteroatoms. The van der Waals surface area contributed by atoms with Gasteiger partial charge in [-0.05, 0) is 17.9 Å².